The van der Waals surface area contributed by atoms with Gasteiger partial charge in [0.2, 0.25) is 0 Å². The Balaban J connectivity index is 1.98. The van der Waals surface area contributed by atoms with Crippen LogP contribution in [0.25, 0.3) is 0 Å². The molecule has 0 atom stereocenters. The Morgan fingerprint density at radius 1 is 1.43 bits per heavy atom. The van der Waals surface area contributed by atoms with Gasteiger partial charge in [0, 0.05) is 18.8 Å². The Labute approximate surface area is 124 Å². The lowest BCUT2D eigenvalue weighted by atomic mass is 10.1. The number of ether oxygens (including phenoxy) is 2. The first-order valence-electron chi connectivity index (χ1n) is 7.11. The summed E-state index contributed by atoms with van der Waals surface area (Å²) in [6.07, 6.45) is 1.66. The van der Waals surface area contributed by atoms with Gasteiger partial charge in [0.05, 0.1) is 32.0 Å². The van der Waals surface area contributed by atoms with Crippen molar-refractivity contribution >= 4 is 11.6 Å². The zero-order valence-electron chi connectivity index (χ0n) is 12.2. The van der Waals surface area contributed by atoms with Crippen LogP contribution in [0.2, 0.25) is 0 Å². The average Bonchev–Trinajstić information content (AvgIpc) is 2.53. The van der Waals surface area contributed by atoms with Crippen LogP contribution in [0.5, 0.6) is 5.75 Å². The molecule has 6 heteroatoms. The van der Waals surface area contributed by atoms with E-state index in [-0.39, 0.29) is 18.6 Å². The molecule has 0 radical (unpaired) electrons. The number of aliphatic hydroxyl groups excluding tert-OH is 1. The van der Waals surface area contributed by atoms with Crippen LogP contribution < -0.4 is 10.5 Å². The topological polar surface area (TPSA) is 85.0 Å². The third-order valence-corrected chi connectivity index (χ3v) is 3.66. The van der Waals surface area contributed by atoms with Gasteiger partial charge in [-0.25, -0.2) is 0 Å². The van der Waals surface area contributed by atoms with Crippen molar-refractivity contribution in [2.75, 3.05) is 39.1 Å². The van der Waals surface area contributed by atoms with Crippen LogP contribution in [-0.4, -0.2) is 55.4 Å². The predicted octanol–water partition coefficient (Wildman–Crippen LogP) is 0.891. The maximum atomic E-state index is 12.5. The molecule has 1 aromatic carbocycles. The van der Waals surface area contributed by atoms with Gasteiger partial charge < -0.3 is 25.2 Å². The first kappa shape index (κ1) is 15.6. The number of amides is 1. The molecule has 2 rings (SSSR count). The van der Waals surface area contributed by atoms with Crippen molar-refractivity contribution in [2.24, 2.45) is 0 Å². The SMILES string of the molecule is COc1ccc(N)c(C(=O)N2CCC(OCCO)CC2)c1. The van der Waals surface area contributed by atoms with Gasteiger partial charge >= 0.3 is 0 Å². The normalized spacial score (nSPS) is 16.0. The van der Waals surface area contributed by atoms with E-state index in [0.29, 0.717) is 36.7 Å². The van der Waals surface area contributed by atoms with Crippen molar-refractivity contribution in [2.45, 2.75) is 18.9 Å². The molecule has 116 valence electrons. The van der Waals surface area contributed by atoms with Crippen LogP contribution in [-0.2, 0) is 4.74 Å². The maximum absolute atomic E-state index is 12.5. The molecule has 1 aromatic rings. The lowest BCUT2D eigenvalue weighted by molar-refractivity contribution is -0.00552. The summed E-state index contributed by atoms with van der Waals surface area (Å²) in [5.41, 5.74) is 6.82. The fourth-order valence-electron chi connectivity index (χ4n) is 2.46. The highest BCUT2D eigenvalue weighted by Gasteiger charge is 2.25. The number of rotatable bonds is 5. The summed E-state index contributed by atoms with van der Waals surface area (Å²) >= 11 is 0. The van der Waals surface area contributed by atoms with Crippen LogP contribution in [0.1, 0.15) is 23.2 Å². The van der Waals surface area contributed by atoms with Gasteiger partial charge in [-0.05, 0) is 31.0 Å². The number of anilines is 1. The third kappa shape index (κ3) is 3.86. The molecule has 1 aliphatic heterocycles. The van der Waals surface area contributed by atoms with Crippen molar-refractivity contribution in [3.8, 4) is 5.75 Å². The summed E-state index contributed by atoms with van der Waals surface area (Å²) in [6, 6.07) is 5.09. The molecule has 1 heterocycles. The summed E-state index contributed by atoms with van der Waals surface area (Å²) in [7, 11) is 1.56. The smallest absolute Gasteiger partial charge is 0.256 e. The minimum atomic E-state index is -0.0768. The highest BCUT2D eigenvalue weighted by Crippen LogP contribution is 2.23. The monoisotopic (exact) mass is 294 g/mol. The van der Waals surface area contributed by atoms with Crippen LogP contribution >= 0.6 is 0 Å². The van der Waals surface area contributed by atoms with Crippen molar-refractivity contribution in [3.63, 3.8) is 0 Å². The molecule has 0 spiro atoms. The second-order valence-electron chi connectivity index (χ2n) is 5.04. The van der Waals surface area contributed by atoms with Crippen molar-refractivity contribution in [1.29, 1.82) is 0 Å². The van der Waals surface area contributed by atoms with Gasteiger partial charge in [0.15, 0.2) is 0 Å². The number of methoxy groups -OCH3 is 1. The minimum absolute atomic E-state index is 0.0273. The lowest BCUT2D eigenvalue weighted by Gasteiger charge is -2.32. The molecule has 3 N–H and O–H groups in total. The van der Waals surface area contributed by atoms with Gasteiger partial charge in [-0.15, -0.1) is 0 Å². The van der Waals surface area contributed by atoms with E-state index < -0.39 is 0 Å². The van der Waals surface area contributed by atoms with Crippen molar-refractivity contribution < 1.29 is 19.4 Å². The molecule has 0 aromatic heterocycles. The molecule has 6 nitrogen and oxygen atoms in total. The zero-order chi connectivity index (χ0) is 15.2. The molecule has 0 saturated carbocycles. The summed E-state index contributed by atoms with van der Waals surface area (Å²) in [6.45, 7) is 1.64. The van der Waals surface area contributed by atoms with Gasteiger partial charge in [-0.3, -0.25) is 4.79 Å². The number of likely N-dealkylation sites (tertiary alicyclic amines) is 1. The molecular formula is C15H22N2O4. The van der Waals surface area contributed by atoms with E-state index in [9.17, 15) is 4.79 Å². The Bertz CT molecular complexity index is 485. The molecule has 1 amide bonds. The standard InChI is InChI=1S/C15H22N2O4/c1-20-12-2-3-14(16)13(10-12)15(19)17-6-4-11(5-7-17)21-9-8-18/h2-3,10-11,18H,4-9,16H2,1H3. The van der Waals surface area contributed by atoms with E-state index in [1.54, 1.807) is 30.2 Å². The molecule has 1 saturated heterocycles. The number of nitrogens with zero attached hydrogens (tertiary/aromatic N) is 1. The first-order valence-corrected chi connectivity index (χ1v) is 7.11. The number of nitrogen functional groups attached to an aromatic ring is 1. The molecule has 0 bridgehead atoms. The second kappa shape index (κ2) is 7.28. The van der Waals surface area contributed by atoms with Crippen molar-refractivity contribution in [1.82, 2.24) is 4.90 Å². The first-order chi connectivity index (χ1) is 10.2. The number of carbonyl (C=O) groups is 1. The van der Waals surface area contributed by atoms with Gasteiger partial charge in [-0.1, -0.05) is 0 Å². The Morgan fingerprint density at radius 3 is 2.76 bits per heavy atom. The highest BCUT2D eigenvalue weighted by atomic mass is 16.5. The van der Waals surface area contributed by atoms with E-state index in [0.717, 1.165) is 12.8 Å². The Morgan fingerprint density at radius 2 is 2.14 bits per heavy atom. The highest BCUT2D eigenvalue weighted by molar-refractivity contribution is 5.99. The largest absolute Gasteiger partial charge is 0.497 e. The number of piperidine rings is 1. The van der Waals surface area contributed by atoms with E-state index in [4.69, 9.17) is 20.3 Å². The molecule has 0 aliphatic carbocycles. The average molecular weight is 294 g/mol. The van der Waals surface area contributed by atoms with Gasteiger partial charge in [0.1, 0.15) is 5.75 Å². The summed E-state index contributed by atoms with van der Waals surface area (Å²) in [5, 5.41) is 8.75. The van der Waals surface area contributed by atoms with E-state index in [1.165, 1.54) is 0 Å². The fraction of sp³-hybridized carbons (Fsp3) is 0.533. The number of hydrogen-bond acceptors (Lipinski definition) is 5. The molecular weight excluding hydrogens is 272 g/mol. The lowest BCUT2D eigenvalue weighted by Crippen LogP contribution is -2.41. The number of nitrogens with two attached hydrogens (primary N) is 1. The Hall–Kier alpha value is -1.79. The molecule has 21 heavy (non-hydrogen) atoms. The van der Waals surface area contributed by atoms with E-state index >= 15 is 0 Å². The minimum Gasteiger partial charge on any atom is -0.497 e. The Kier molecular flexibility index (Phi) is 5.41. The number of hydrogen-bond donors (Lipinski definition) is 2. The molecule has 1 aliphatic rings. The van der Waals surface area contributed by atoms with Crippen LogP contribution in [0.3, 0.4) is 0 Å². The quantitative estimate of drug-likeness (QED) is 0.788. The number of aliphatic hydroxyl groups is 1. The summed E-state index contributed by atoms with van der Waals surface area (Å²) in [5.74, 6) is 0.542. The van der Waals surface area contributed by atoms with E-state index in [1.807, 2.05) is 0 Å². The van der Waals surface area contributed by atoms with Gasteiger partial charge in [-0.2, -0.15) is 0 Å². The van der Waals surface area contributed by atoms with Crippen LogP contribution in [0.4, 0.5) is 5.69 Å². The number of carbonyl (C=O) groups excluding carboxylic acids is 1. The third-order valence-electron chi connectivity index (χ3n) is 3.66. The zero-order valence-corrected chi connectivity index (χ0v) is 12.2. The molecule has 0 unspecified atom stereocenters. The van der Waals surface area contributed by atoms with E-state index in [2.05, 4.69) is 0 Å². The van der Waals surface area contributed by atoms with Gasteiger partial charge in [0.25, 0.3) is 5.91 Å². The predicted molar refractivity (Wildman–Crippen MR) is 79.4 cm³/mol. The molecule has 1 fully saturated rings. The fourth-order valence-corrected chi connectivity index (χ4v) is 2.46. The summed E-state index contributed by atoms with van der Waals surface area (Å²) < 4.78 is 10.6. The van der Waals surface area contributed by atoms with Crippen LogP contribution in [0.15, 0.2) is 18.2 Å². The summed E-state index contributed by atoms with van der Waals surface area (Å²) in [4.78, 5) is 14.3. The number of benzene rings is 1. The van der Waals surface area contributed by atoms with Crippen molar-refractivity contribution in [3.05, 3.63) is 23.8 Å². The van der Waals surface area contributed by atoms with Crippen LogP contribution in [0, 0.1) is 0 Å². The maximum Gasteiger partial charge on any atom is 0.256 e. The second-order valence-corrected chi connectivity index (χ2v) is 5.04.